The molecule has 0 aliphatic carbocycles. The van der Waals surface area contributed by atoms with Crippen molar-refractivity contribution >= 4 is 0 Å². The molecule has 0 spiro atoms. The fourth-order valence-corrected chi connectivity index (χ4v) is 3.36. The smallest absolute Gasteiger partial charge is 0.278 e. The van der Waals surface area contributed by atoms with Gasteiger partial charge in [0, 0.05) is 5.56 Å². The van der Waals surface area contributed by atoms with Gasteiger partial charge in [-0.1, -0.05) is 64.8 Å². The maximum Gasteiger partial charge on any atom is 0.278 e. The Kier molecular flexibility index (Phi) is 4.06. The molecule has 0 amide bonds. The summed E-state index contributed by atoms with van der Waals surface area (Å²) in [6, 6.07) is 18.4. The highest BCUT2D eigenvalue weighted by Crippen LogP contribution is 2.29. The van der Waals surface area contributed by atoms with E-state index >= 15 is 0 Å². The number of ether oxygens (including phenoxy) is 1. The number of aryl methyl sites for hydroxylation is 2. The summed E-state index contributed by atoms with van der Waals surface area (Å²) in [5.74, 6) is 0.985. The zero-order valence-corrected chi connectivity index (χ0v) is 15.8. The lowest BCUT2D eigenvalue weighted by Crippen LogP contribution is -2.21. The van der Waals surface area contributed by atoms with Crippen molar-refractivity contribution in [1.82, 2.24) is 19.9 Å². The van der Waals surface area contributed by atoms with Gasteiger partial charge in [-0.2, -0.15) is 10.1 Å². The second-order valence-corrected chi connectivity index (χ2v) is 7.20. The molecule has 28 heavy (non-hydrogen) atoms. The molecular formula is C22H20N4O2. The van der Waals surface area contributed by atoms with Crippen LogP contribution >= 0.6 is 0 Å². The predicted molar refractivity (Wildman–Crippen MR) is 104 cm³/mol. The van der Waals surface area contributed by atoms with Gasteiger partial charge in [0.05, 0.1) is 18.8 Å². The zero-order chi connectivity index (χ0) is 19.1. The van der Waals surface area contributed by atoms with E-state index in [-0.39, 0.29) is 6.10 Å². The van der Waals surface area contributed by atoms with E-state index in [1.165, 1.54) is 11.1 Å². The molecule has 6 nitrogen and oxygen atoms in total. The molecule has 0 saturated carbocycles. The lowest BCUT2D eigenvalue weighted by Gasteiger charge is -2.24. The number of nitrogens with zero attached hydrogens (tertiary/aromatic N) is 4. The molecule has 1 unspecified atom stereocenters. The fraction of sp³-hybridized carbons (Fsp3) is 0.227. The van der Waals surface area contributed by atoms with Gasteiger partial charge in [0.25, 0.3) is 5.89 Å². The maximum absolute atomic E-state index is 6.04. The van der Waals surface area contributed by atoms with Crippen molar-refractivity contribution in [3.05, 3.63) is 77.0 Å². The Labute approximate surface area is 162 Å². The van der Waals surface area contributed by atoms with Crippen LogP contribution in [0.15, 0.2) is 59.1 Å². The van der Waals surface area contributed by atoms with Crippen LogP contribution in [-0.4, -0.2) is 19.9 Å². The van der Waals surface area contributed by atoms with E-state index in [2.05, 4.69) is 46.4 Å². The minimum atomic E-state index is -0.00773. The van der Waals surface area contributed by atoms with Crippen molar-refractivity contribution in [1.29, 1.82) is 0 Å². The SMILES string of the molecule is Cc1ccc(-c2noc(-c3cc4n(n3)CC(c3ccc(C)cc3)OC4)n2)cc1. The van der Waals surface area contributed by atoms with Crippen molar-refractivity contribution in [2.45, 2.75) is 33.1 Å². The summed E-state index contributed by atoms with van der Waals surface area (Å²) in [7, 11) is 0. The van der Waals surface area contributed by atoms with Gasteiger partial charge < -0.3 is 9.26 Å². The van der Waals surface area contributed by atoms with Crippen molar-refractivity contribution in [2.75, 3.05) is 0 Å². The molecule has 0 radical (unpaired) electrons. The van der Waals surface area contributed by atoms with Crippen LogP contribution < -0.4 is 0 Å². The average molecular weight is 372 g/mol. The van der Waals surface area contributed by atoms with Crippen molar-refractivity contribution in [3.63, 3.8) is 0 Å². The van der Waals surface area contributed by atoms with E-state index < -0.39 is 0 Å². The quantitative estimate of drug-likeness (QED) is 0.530. The molecule has 4 aromatic rings. The highest BCUT2D eigenvalue weighted by Gasteiger charge is 2.24. The summed E-state index contributed by atoms with van der Waals surface area (Å²) in [5.41, 5.74) is 6.20. The second kappa shape index (κ2) is 6.73. The van der Waals surface area contributed by atoms with E-state index in [9.17, 15) is 0 Å². The minimum Gasteiger partial charge on any atom is -0.365 e. The maximum atomic E-state index is 6.04. The molecule has 2 aromatic heterocycles. The molecule has 1 aliphatic heterocycles. The first-order valence-corrected chi connectivity index (χ1v) is 9.32. The highest BCUT2D eigenvalue weighted by atomic mass is 16.5. The number of fused-ring (bicyclic) bond motifs is 1. The van der Waals surface area contributed by atoms with Crippen LogP contribution in [0, 0.1) is 13.8 Å². The van der Waals surface area contributed by atoms with Crippen LogP contribution in [-0.2, 0) is 17.9 Å². The Morgan fingerprint density at radius 2 is 1.68 bits per heavy atom. The Bertz CT molecular complexity index is 1110. The molecule has 1 atom stereocenters. The third-order valence-electron chi connectivity index (χ3n) is 5.04. The highest BCUT2D eigenvalue weighted by molar-refractivity contribution is 5.58. The number of hydrogen-bond acceptors (Lipinski definition) is 5. The molecule has 5 rings (SSSR count). The van der Waals surface area contributed by atoms with Gasteiger partial charge in [0.15, 0.2) is 5.69 Å². The van der Waals surface area contributed by atoms with Gasteiger partial charge in [-0.05, 0) is 25.5 Å². The van der Waals surface area contributed by atoms with Gasteiger partial charge in [-0.3, -0.25) is 4.68 Å². The predicted octanol–water partition coefficient (Wildman–Crippen LogP) is 4.49. The monoisotopic (exact) mass is 372 g/mol. The summed E-state index contributed by atoms with van der Waals surface area (Å²) < 4.78 is 13.5. The van der Waals surface area contributed by atoms with E-state index in [0.717, 1.165) is 16.8 Å². The first kappa shape index (κ1) is 16.9. The molecule has 3 heterocycles. The van der Waals surface area contributed by atoms with E-state index in [4.69, 9.17) is 9.26 Å². The standard InChI is InChI=1S/C22H20N4O2/c1-14-3-7-16(8-4-14)20-12-26-18(13-27-20)11-19(24-26)22-23-21(25-28-22)17-9-5-15(2)6-10-17/h3-11,20H,12-13H2,1-2H3. The summed E-state index contributed by atoms with van der Waals surface area (Å²) in [6.45, 7) is 5.30. The van der Waals surface area contributed by atoms with Crippen molar-refractivity contribution in [3.8, 4) is 23.0 Å². The molecule has 6 heteroatoms. The molecule has 1 aliphatic rings. The minimum absolute atomic E-state index is 0.00773. The molecular weight excluding hydrogens is 352 g/mol. The van der Waals surface area contributed by atoms with Crippen LogP contribution in [0.5, 0.6) is 0 Å². The van der Waals surface area contributed by atoms with Crippen molar-refractivity contribution in [2.24, 2.45) is 0 Å². The largest absolute Gasteiger partial charge is 0.365 e. The third-order valence-corrected chi connectivity index (χ3v) is 5.04. The van der Waals surface area contributed by atoms with Crippen LogP contribution in [0.25, 0.3) is 23.0 Å². The third kappa shape index (κ3) is 3.12. The van der Waals surface area contributed by atoms with E-state index in [0.29, 0.717) is 30.6 Å². The number of hydrogen-bond donors (Lipinski definition) is 0. The Morgan fingerprint density at radius 1 is 0.964 bits per heavy atom. The lowest BCUT2D eigenvalue weighted by molar-refractivity contribution is -0.00113. The van der Waals surface area contributed by atoms with Crippen LogP contribution in [0.2, 0.25) is 0 Å². The summed E-state index contributed by atoms with van der Waals surface area (Å²) in [5, 5.41) is 8.78. The number of benzene rings is 2. The normalized spacial score (nSPS) is 16.1. The molecule has 0 saturated heterocycles. The second-order valence-electron chi connectivity index (χ2n) is 7.20. The molecule has 140 valence electrons. The van der Waals surface area contributed by atoms with Gasteiger partial charge >= 0.3 is 0 Å². The van der Waals surface area contributed by atoms with Gasteiger partial charge in [0.1, 0.15) is 6.10 Å². The molecule has 0 bridgehead atoms. The topological polar surface area (TPSA) is 66.0 Å². The first-order chi connectivity index (χ1) is 13.7. The zero-order valence-electron chi connectivity index (χ0n) is 15.8. The van der Waals surface area contributed by atoms with Crippen LogP contribution in [0.1, 0.15) is 28.5 Å². The molecule has 2 aromatic carbocycles. The summed E-state index contributed by atoms with van der Waals surface area (Å²) in [6.07, 6.45) is -0.00773. The lowest BCUT2D eigenvalue weighted by atomic mass is 10.1. The Hall–Kier alpha value is -3.25. The number of aromatic nitrogens is 4. The van der Waals surface area contributed by atoms with Gasteiger partial charge in [-0.15, -0.1) is 0 Å². The van der Waals surface area contributed by atoms with Crippen molar-refractivity contribution < 1.29 is 9.26 Å². The Morgan fingerprint density at radius 3 is 2.43 bits per heavy atom. The molecule has 0 N–H and O–H groups in total. The van der Waals surface area contributed by atoms with Gasteiger partial charge in [-0.25, -0.2) is 0 Å². The van der Waals surface area contributed by atoms with Crippen LogP contribution in [0.4, 0.5) is 0 Å². The number of rotatable bonds is 3. The fourth-order valence-electron chi connectivity index (χ4n) is 3.36. The van der Waals surface area contributed by atoms with E-state index in [1.807, 2.05) is 41.9 Å². The average Bonchev–Trinajstić information content (AvgIpc) is 3.35. The van der Waals surface area contributed by atoms with Gasteiger partial charge in [0.2, 0.25) is 5.82 Å². The molecule has 0 fully saturated rings. The van der Waals surface area contributed by atoms with Crippen LogP contribution in [0.3, 0.4) is 0 Å². The first-order valence-electron chi connectivity index (χ1n) is 9.32. The van der Waals surface area contributed by atoms with E-state index in [1.54, 1.807) is 0 Å². The Balaban J connectivity index is 1.39. The summed E-state index contributed by atoms with van der Waals surface area (Å²) >= 11 is 0. The summed E-state index contributed by atoms with van der Waals surface area (Å²) in [4.78, 5) is 4.52.